The van der Waals surface area contributed by atoms with Crippen LogP contribution in [0.4, 0.5) is 5.69 Å². The highest BCUT2D eigenvalue weighted by atomic mass is 79.9. The van der Waals surface area contributed by atoms with Crippen LogP contribution in [-0.4, -0.2) is 17.9 Å². The van der Waals surface area contributed by atoms with Gasteiger partial charge in [-0.05, 0) is 37.5 Å². The lowest BCUT2D eigenvalue weighted by molar-refractivity contribution is -0.120. The first-order valence-corrected chi connectivity index (χ1v) is 7.01. The lowest BCUT2D eigenvalue weighted by Crippen LogP contribution is -2.43. The summed E-state index contributed by atoms with van der Waals surface area (Å²) >= 11 is 3.59. The topological polar surface area (TPSA) is 20.3 Å². The predicted octanol–water partition coefficient (Wildman–Crippen LogP) is 3.46. The molecule has 2 aliphatic rings. The minimum absolute atomic E-state index is 0.439. The van der Waals surface area contributed by atoms with E-state index in [0.717, 1.165) is 17.3 Å². The summed E-state index contributed by atoms with van der Waals surface area (Å²) in [4.78, 5) is 14.1. The highest BCUT2D eigenvalue weighted by molar-refractivity contribution is 9.10. The van der Waals surface area contributed by atoms with E-state index in [9.17, 15) is 4.79 Å². The molecule has 2 heterocycles. The Hall–Kier alpha value is -0.830. The Morgan fingerprint density at radius 3 is 2.53 bits per heavy atom. The predicted molar refractivity (Wildman–Crippen MR) is 72.4 cm³/mol. The highest BCUT2D eigenvalue weighted by Crippen LogP contribution is 2.40. The van der Waals surface area contributed by atoms with Crippen molar-refractivity contribution in [1.82, 2.24) is 0 Å². The van der Waals surface area contributed by atoms with E-state index in [0.29, 0.717) is 17.9 Å². The summed E-state index contributed by atoms with van der Waals surface area (Å²) in [5.41, 5.74) is 2.60. The van der Waals surface area contributed by atoms with Crippen molar-refractivity contribution < 1.29 is 4.79 Å². The average molecular weight is 294 g/mol. The number of Topliss-reactive ketones (excluding diaryl/α,β-unsaturated/α-hetero) is 1. The van der Waals surface area contributed by atoms with E-state index in [1.54, 1.807) is 0 Å². The van der Waals surface area contributed by atoms with Crippen LogP contribution in [0.15, 0.2) is 22.7 Å². The molecule has 0 amide bonds. The number of carbonyl (C=O) groups is 1. The fraction of sp³-hybridized carbons (Fsp3) is 0.500. The van der Waals surface area contributed by atoms with E-state index >= 15 is 0 Å². The van der Waals surface area contributed by atoms with E-state index in [4.69, 9.17) is 0 Å². The number of ketones is 1. The largest absolute Gasteiger partial charge is 0.364 e. The van der Waals surface area contributed by atoms with Gasteiger partial charge in [0.05, 0.1) is 0 Å². The number of halogens is 1. The fourth-order valence-corrected chi connectivity index (χ4v) is 3.60. The molecule has 2 unspecified atom stereocenters. The number of benzene rings is 1. The number of piperidine rings is 1. The zero-order valence-electron chi connectivity index (χ0n) is 9.95. The van der Waals surface area contributed by atoms with Gasteiger partial charge in [0, 0.05) is 35.1 Å². The van der Waals surface area contributed by atoms with Gasteiger partial charge in [0.15, 0.2) is 0 Å². The van der Waals surface area contributed by atoms with Crippen LogP contribution in [0, 0.1) is 6.92 Å². The molecule has 2 fully saturated rings. The molecule has 2 atom stereocenters. The van der Waals surface area contributed by atoms with E-state index < -0.39 is 0 Å². The van der Waals surface area contributed by atoms with Crippen LogP contribution < -0.4 is 4.90 Å². The molecule has 0 saturated carbocycles. The number of carbonyl (C=O) groups excluding carboxylic acids is 1. The minimum atomic E-state index is 0.439. The third kappa shape index (κ3) is 1.81. The molecule has 2 nitrogen and oxygen atoms in total. The molecule has 3 rings (SSSR count). The Bertz CT molecular complexity index is 455. The maximum Gasteiger partial charge on any atom is 0.137 e. The van der Waals surface area contributed by atoms with Crippen molar-refractivity contribution in [2.45, 2.75) is 44.7 Å². The SMILES string of the molecule is Cc1c(Br)cccc1N1C2CCC1CC(=O)C2. The van der Waals surface area contributed by atoms with Gasteiger partial charge in [0.2, 0.25) is 0 Å². The molecular formula is C14H16BrNO. The molecule has 1 aromatic rings. The monoisotopic (exact) mass is 293 g/mol. The van der Waals surface area contributed by atoms with Crippen molar-refractivity contribution in [3.63, 3.8) is 0 Å². The molecule has 2 saturated heterocycles. The smallest absolute Gasteiger partial charge is 0.137 e. The molecule has 0 aromatic heterocycles. The van der Waals surface area contributed by atoms with Gasteiger partial charge in [0.1, 0.15) is 5.78 Å². The minimum Gasteiger partial charge on any atom is -0.364 e. The Morgan fingerprint density at radius 2 is 1.88 bits per heavy atom. The van der Waals surface area contributed by atoms with E-state index in [-0.39, 0.29) is 0 Å². The molecule has 0 radical (unpaired) electrons. The number of hydrogen-bond donors (Lipinski definition) is 0. The van der Waals surface area contributed by atoms with Crippen LogP contribution in [0.1, 0.15) is 31.2 Å². The molecule has 0 spiro atoms. The number of anilines is 1. The van der Waals surface area contributed by atoms with Crippen LogP contribution >= 0.6 is 15.9 Å². The summed E-state index contributed by atoms with van der Waals surface area (Å²) in [7, 11) is 0. The summed E-state index contributed by atoms with van der Waals surface area (Å²) in [5, 5.41) is 0. The lowest BCUT2D eigenvalue weighted by Gasteiger charge is -2.37. The van der Waals surface area contributed by atoms with Gasteiger partial charge in [-0.1, -0.05) is 22.0 Å². The van der Waals surface area contributed by atoms with Crippen LogP contribution in [0.25, 0.3) is 0 Å². The van der Waals surface area contributed by atoms with Crippen molar-refractivity contribution in [3.05, 3.63) is 28.2 Å². The molecule has 1 aromatic carbocycles. The zero-order chi connectivity index (χ0) is 12.0. The second-order valence-electron chi connectivity index (χ2n) is 5.12. The van der Waals surface area contributed by atoms with Crippen molar-refractivity contribution in [2.24, 2.45) is 0 Å². The summed E-state index contributed by atoms with van der Waals surface area (Å²) < 4.78 is 1.16. The Labute approximate surface area is 110 Å². The summed E-state index contributed by atoms with van der Waals surface area (Å²) in [6.07, 6.45) is 3.82. The molecule has 2 aliphatic heterocycles. The van der Waals surface area contributed by atoms with Crippen LogP contribution in [0.3, 0.4) is 0 Å². The van der Waals surface area contributed by atoms with Gasteiger partial charge >= 0.3 is 0 Å². The Kier molecular flexibility index (Phi) is 2.74. The van der Waals surface area contributed by atoms with Gasteiger partial charge in [0.25, 0.3) is 0 Å². The molecular weight excluding hydrogens is 278 g/mol. The van der Waals surface area contributed by atoms with Gasteiger partial charge in [-0.3, -0.25) is 4.79 Å². The highest BCUT2D eigenvalue weighted by Gasteiger charge is 2.40. The maximum atomic E-state index is 11.6. The number of hydrogen-bond acceptors (Lipinski definition) is 2. The number of nitrogens with zero attached hydrogens (tertiary/aromatic N) is 1. The van der Waals surface area contributed by atoms with E-state index in [2.05, 4.69) is 46.0 Å². The van der Waals surface area contributed by atoms with E-state index in [1.165, 1.54) is 24.1 Å². The molecule has 90 valence electrons. The maximum absolute atomic E-state index is 11.6. The number of fused-ring (bicyclic) bond motifs is 2. The van der Waals surface area contributed by atoms with Gasteiger partial charge in [-0.2, -0.15) is 0 Å². The van der Waals surface area contributed by atoms with Crippen molar-refractivity contribution in [1.29, 1.82) is 0 Å². The van der Waals surface area contributed by atoms with Crippen molar-refractivity contribution >= 4 is 27.4 Å². The van der Waals surface area contributed by atoms with Crippen molar-refractivity contribution in [3.8, 4) is 0 Å². The van der Waals surface area contributed by atoms with Crippen LogP contribution in [0.5, 0.6) is 0 Å². The summed E-state index contributed by atoms with van der Waals surface area (Å²) in [5.74, 6) is 0.446. The third-order valence-electron chi connectivity index (χ3n) is 4.06. The molecule has 2 bridgehead atoms. The Morgan fingerprint density at radius 1 is 1.24 bits per heavy atom. The zero-order valence-corrected chi connectivity index (χ0v) is 11.5. The van der Waals surface area contributed by atoms with Gasteiger partial charge in [-0.25, -0.2) is 0 Å². The first-order valence-electron chi connectivity index (χ1n) is 6.22. The lowest BCUT2D eigenvalue weighted by atomic mass is 9.99. The first kappa shape index (κ1) is 11.3. The number of rotatable bonds is 1. The third-order valence-corrected chi connectivity index (χ3v) is 4.92. The van der Waals surface area contributed by atoms with E-state index in [1.807, 2.05) is 0 Å². The Balaban J connectivity index is 2.00. The summed E-state index contributed by atoms with van der Waals surface area (Å²) in [6, 6.07) is 7.22. The van der Waals surface area contributed by atoms with Crippen LogP contribution in [-0.2, 0) is 4.79 Å². The van der Waals surface area contributed by atoms with Crippen molar-refractivity contribution in [2.75, 3.05) is 4.90 Å². The van der Waals surface area contributed by atoms with Gasteiger partial charge in [-0.15, -0.1) is 0 Å². The quantitative estimate of drug-likeness (QED) is 0.790. The average Bonchev–Trinajstić information content (AvgIpc) is 2.55. The second-order valence-corrected chi connectivity index (χ2v) is 5.98. The van der Waals surface area contributed by atoms with Crippen LogP contribution in [0.2, 0.25) is 0 Å². The molecule has 17 heavy (non-hydrogen) atoms. The molecule has 0 aliphatic carbocycles. The summed E-state index contributed by atoms with van der Waals surface area (Å²) in [6.45, 7) is 2.15. The normalized spacial score (nSPS) is 27.6. The second kappa shape index (κ2) is 4.13. The van der Waals surface area contributed by atoms with Gasteiger partial charge < -0.3 is 4.90 Å². The first-order chi connectivity index (χ1) is 8.16. The molecule has 0 N–H and O–H groups in total. The standard InChI is InChI=1S/C14H16BrNO/c1-9-13(15)3-2-4-14(9)16-10-5-6-11(16)8-12(17)7-10/h2-4,10-11H,5-8H2,1H3. The fourth-order valence-electron chi connectivity index (χ4n) is 3.24. The molecule has 3 heteroatoms.